The Bertz CT molecular complexity index is 449. The fraction of sp³-hybridized carbons (Fsp3) is 0.364. The fourth-order valence-electron chi connectivity index (χ4n) is 1.48. The molecular formula is C11H15N3O. The van der Waals surface area contributed by atoms with Crippen LogP contribution in [0.25, 0.3) is 11.3 Å². The Morgan fingerprint density at radius 3 is 2.60 bits per heavy atom. The number of rotatable bonds is 1. The van der Waals surface area contributed by atoms with Crippen LogP contribution >= 0.6 is 0 Å². The van der Waals surface area contributed by atoms with E-state index in [-0.39, 0.29) is 5.54 Å². The normalized spacial score (nSPS) is 11.9. The van der Waals surface area contributed by atoms with Gasteiger partial charge in [0.15, 0.2) is 0 Å². The summed E-state index contributed by atoms with van der Waals surface area (Å²) in [5.74, 6) is 0.665. The van der Waals surface area contributed by atoms with Crippen LogP contribution in [0.1, 0.15) is 20.8 Å². The van der Waals surface area contributed by atoms with Gasteiger partial charge in [0.2, 0.25) is 0 Å². The maximum Gasteiger partial charge on any atom is 0.122 e. The molecule has 0 spiro atoms. The lowest BCUT2D eigenvalue weighted by Crippen LogP contribution is -2.24. The molecule has 4 nitrogen and oxygen atoms in total. The molecule has 0 fully saturated rings. The van der Waals surface area contributed by atoms with Crippen molar-refractivity contribution in [3.05, 3.63) is 24.7 Å². The SMILES string of the molecule is CC(C)(C)n1nc(-c2ccoc2)cc1N. The Morgan fingerprint density at radius 2 is 2.13 bits per heavy atom. The summed E-state index contributed by atoms with van der Waals surface area (Å²) in [4.78, 5) is 0. The number of hydrogen-bond donors (Lipinski definition) is 1. The Hall–Kier alpha value is -1.71. The second kappa shape index (κ2) is 3.15. The molecule has 0 aliphatic rings. The van der Waals surface area contributed by atoms with Crippen molar-refractivity contribution in [1.29, 1.82) is 0 Å². The zero-order chi connectivity index (χ0) is 11.1. The maximum absolute atomic E-state index is 5.90. The van der Waals surface area contributed by atoms with Gasteiger partial charge in [-0.05, 0) is 26.8 Å². The molecule has 80 valence electrons. The van der Waals surface area contributed by atoms with E-state index in [4.69, 9.17) is 10.2 Å². The van der Waals surface area contributed by atoms with Crippen molar-refractivity contribution in [2.45, 2.75) is 26.3 Å². The van der Waals surface area contributed by atoms with E-state index in [9.17, 15) is 0 Å². The van der Waals surface area contributed by atoms with Crippen molar-refractivity contribution >= 4 is 5.82 Å². The highest BCUT2D eigenvalue weighted by atomic mass is 16.3. The molecule has 0 aliphatic heterocycles. The van der Waals surface area contributed by atoms with E-state index in [2.05, 4.69) is 25.9 Å². The molecule has 0 bridgehead atoms. The molecule has 2 rings (SSSR count). The van der Waals surface area contributed by atoms with Crippen LogP contribution in [-0.2, 0) is 5.54 Å². The van der Waals surface area contributed by atoms with Gasteiger partial charge in [0, 0.05) is 11.6 Å². The van der Waals surface area contributed by atoms with Crippen molar-refractivity contribution in [3.63, 3.8) is 0 Å². The lowest BCUT2D eigenvalue weighted by molar-refractivity contribution is 0.362. The smallest absolute Gasteiger partial charge is 0.122 e. The molecule has 2 aromatic heterocycles. The fourth-order valence-corrected chi connectivity index (χ4v) is 1.48. The number of nitrogens with zero attached hydrogens (tertiary/aromatic N) is 2. The Kier molecular flexibility index (Phi) is 2.07. The molecule has 2 heterocycles. The molecule has 0 aromatic carbocycles. The largest absolute Gasteiger partial charge is 0.472 e. The topological polar surface area (TPSA) is 57.0 Å². The first kappa shape index (κ1) is 9.83. The van der Waals surface area contributed by atoms with Gasteiger partial charge in [-0.2, -0.15) is 5.10 Å². The minimum Gasteiger partial charge on any atom is -0.472 e. The summed E-state index contributed by atoms with van der Waals surface area (Å²) in [6.45, 7) is 6.19. The van der Waals surface area contributed by atoms with Crippen molar-refractivity contribution in [1.82, 2.24) is 9.78 Å². The van der Waals surface area contributed by atoms with Crippen LogP contribution in [0.4, 0.5) is 5.82 Å². The summed E-state index contributed by atoms with van der Waals surface area (Å²) in [6.07, 6.45) is 3.29. The Balaban J connectivity index is 2.47. The van der Waals surface area contributed by atoms with Crippen molar-refractivity contribution in [2.24, 2.45) is 0 Å². The van der Waals surface area contributed by atoms with Gasteiger partial charge in [0.05, 0.1) is 23.8 Å². The van der Waals surface area contributed by atoms with Crippen molar-refractivity contribution in [3.8, 4) is 11.3 Å². The van der Waals surface area contributed by atoms with Gasteiger partial charge in [0.25, 0.3) is 0 Å². The molecule has 0 atom stereocenters. The highest BCUT2D eigenvalue weighted by molar-refractivity contribution is 5.60. The van der Waals surface area contributed by atoms with Crippen LogP contribution < -0.4 is 5.73 Å². The zero-order valence-electron chi connectivity index (χ0n) is 9.19. The van der Waals surface area contributed by atoms with Crippen molar-refractivity contribution < 1.29 is 4.42 Å². The van der Waals surface area contributed by atoms with Gasteiger partial charge in [-0.3, -0.25) is 0 Å². The summed E-state index contributed by atoms with van der Waals surface area (Å²) in [7, 11) is 0. The average Bonchev–Trinajstić information content (AvgIpc) is 2.68. The summed E-state index contributed by atoms with van der Waals surface area (Å²) >= 11 is 0. The summed E-state index contributed by atoms with van der Waals surface area (Å²) < 4.78 is 6.83. The first-order valence-electron chi connectivity index (χ1n) is 4.87. The second-order valence-corrected chi connectivity index (χ2v) is 4.55. The third-order valence-electron chi connectivity index (χ3n) is 2.19. The molecule has 0 saturated heterocycles. The molecule has 0 amide bonds. The number of aromatic nitrogens is 2. The van der Waals surface area contributed by atoms with Gasteiger partial charge >= 0.3 is 0 Å². The number of furan rings is 1. The summed E-state index contributed by atoms with van der Waals surface area (Å²) in [5, 5.41) is 4.46. The highest BCUT2D eigenvalue weighted by Gasteiger charge is 2.18. The van der Waals surface area contributed by atoms with E-state index in [1.54, 1.807) is 12.5 Å². The zero-order valence-corrected chi connectivity index (χ0v) is 9.19. The first-order chi connectivity index (χ1) is 6.98. The maximum atomic E-state index is 5.90. The van der Waals surface area contributed by atoms with E-state index in [0.29, 0.717) is 5.82 Å². The number of anilines is 1. The third-order valence-corrected chi connectivity index (χ3v) is 2.19. The summed E-state index contributed by atoms with van der Waals surface area (Å²) in [6, 6.07) is 3.73. The van der Waals surface area contributed by atoms with Crippen LogP contribution in [0.3, 0.4) is 0 Å². The monoisotopic (exact) mass is 205 g/mol. The molecule has 2 N–H and O–H groups in total. The molecule has 2 aromatic rings. The van der Waals surface area contributed by atoms with Crippen LogP contribution in [-0.4, -0.2) is 9.78 Å². The van der Waals surface area contributed by atoms with Crippen LogP contribution in [0.15, 0.2) is 29.1 Å². The summed E-state index contributed by atoms with van der Waals surface area (Å²) in [5.41, 5.74) is 7.59. The van der Waals surface area contributed by atoms with E-state index in [1.165, 1.54) is 0 Å². The molecular weight excluding hydrogens is 190 g/mol. The van der Waals surface area contributed by atoms with Crippen LogP contribution in [0.2, 0.25) is 0 Å². The molecule has 0 radical (unpaired) electrons. The van der Waals surface area contributed by atoms with Gasteiger partial charge in [-0.1, -0.05) is 0 Å². The van der Waals surface area contributed by atoms with E-state index in [1.807, 2.05) is 16.8 Å². The molecule has 0 saturated carbocycles. The lowest BCUT2D eigenvalue weighted by atomic mass is 10.1. The molecule has 0 unspecified atom stereocenters. The first-order valence-corrected chi connectivity index (χ1v) is 4.87. The van der Waals surface area contributed by atoms with E-state index >= 15 is 0 Å². The van der Waals surface area contributed by atoms with Crippen LogP contribution in [0.5, 0.6) is 0 Å². The lowest BCUT2D eigenvalue weighted by Gasteiger charge is -2.20. The van der Waals surface area contributed by atoms with E-state index in [0.717, 1.165) is 11.3 Å². The number of hydrogen-bond acceptors (Lipinski definition) is 3. The highest BCUT2D eigenvalue weighted by Crippen LogP contribution is 2.25. The van der Waals surface area contributed by atoms with Gasteiger partial charge in [-0.15, -0.1) is 0 Å². The van der Waals surface area contributed by atoms with Gasteiger partial charge in [-0.25, -0.2) is 4.68 Å². The quantitative estimate of drug-likeness (QED) is 0.778. The molecule has 4 heteroatoms. The predicted molar refractivity (Wildman–Crippen MR) is 59.3 cm³/mol. The van der Waals surface area contributed by atoms with Gasteiger partial charge in [0.1, 0.15) is 5.82 Å². The second-order valence-electron chi connectivity index (χ2n) is 4.55. The van der Waals surface area contributed by atoms with Crippen LogP contribution in [0, 0.1) is 0 Å². The number of nitrogens with two attached hydrogens (primary N) is 1. The predicted octanol–water partition coefficient (Wildman–Crippen LogP) is 2.48. The average molecular weight is 205 g/mol. The number of nitrogen functional groups attached to an aromatic ring is 1. The van der Waals surface area contributed by atoms with E-state index < -0.39 is 0 Å². The van der Waals surface area contributed by atoms with Crippen molar-refractivity contribution in [2.75, 3.05) is 5.73 Å². The molecule has 0 aliphatic carbocycles. The van der Waals surface area contributed by atoms with Gasteiger partial charge < -0.3 is 10.2 Å². The Labute approximate surface area is 88.7 Å². The standard InChI is InChI=1S/C11H15N3O/c1-11(2,3)14-10(12)6-9(13-14)8-4-5-15-7-8/h4-7H,12H2,1-3H3. The minimum atomic E-state index is -0.105. The third kappa shape index (κ3) is 1.75. The molecule has 15 heavy (non-hydrogen) atoms. The minimum absolute atomic E-state index is 0.105. The Morgan fingerprint density at radius 1 is 1.40 bits per heavy atom.